The normalized spacial score (nSPS) is 13.0. The van der Waals surface area contributed by atoms with Crippen molar-refractivity contribution in [2.24, 2.45) is 0 Å². The van der Waals surface area contributed by atoms with Gasteiger partial charge in [0.1, 0.15) is 13.2 Å². The van der Waals surface area contributed by atoms with E-state index in [-0.39, 0.29) is 31.1 Å². The minimum absolute atomic E-state index is 0.0985. The van der Waals surface area contributed by atoms with Gasteiger partial charge in [0.25, 0.3) is 0 Å². The molecule has 1 atom stereocenters. The highest BCUT2D eigenvalue weighted by atomic mass is 16.6. The number of ether oxygens (including phenoxy) is 3. The van der Waals surface area contributed by atoms with Gasteiger partial charge in [-0.15, -0.1) is 0 Å². The monoisotopic (exact) mass is 997 g/mol. The summed E-state index contributed by atoms with van der Waals surface area (Å²) in [6, 6.07) is 0. The molecule has 0 aliphatic heterocycles. The van der Waals surface area contributed by atoms with Crippen LogP contribution in [0, 0.1) is 0 Å². The average molecular weight is 998 g/mol. The van der Waals surface area contributed by atoms with Crippen LogP contribution in [0.5, 0.6) is 0 Å². The number of hydrogen-bond donors (Lipinski definition) is 0. The Hall–Kier alpha value is -4.19. The molecule has 0 bridgehead atoms. The molecule has 0 aromatic carbocycles. The van der Waals surface area contributed by atoms with Gasteiger partial charge in [0.05, 0.1) is 0 Å². The number of carbonyl (C=O) groups is 3. The maximum atomic E-state index is 12.9. The first-order chi connectivity index (χ1) is 35.5. The second kappa shape index (κ2) is 59.4. The highest BCUT2D eigenvalue weighted by molar-refractivity contribution is 5.71. The Bertz CT molecular complexity index is 1520. The van der Waals surface area contributed by atoms with Crippen LogP contribution in [-0.4, -0.2) is 37.2 Å². The number of unbranched alkanes of at least 4 members (excludes halogenated alkanes) is 21. The molecule has 6 heteroatoms. The van der Waals surface area contributed by atoms with E-state index in [1.165, 1.54) is 70.6 Å². The van der Waals surface area contributed by atoms with Crippen LogP contribution in [-0.2, 0) is 28.6 Å². The van der Waals surface area contributed by atoms with Crippen LogP contribution in [0.1, 0.15) is 258 Å². The van der Waals surface area contributed by atoms with Crippen molar-refractivity contribution in [3.8, 4) is 0 Å². The Kier molecular flexibility index (Phi) is 55.9. The van der Waals surface area contributed by atoms with Crippen LogP contribution in [0.15, 0.2) is 122 Å². The number of rotatable bonds is 52. The Balaban J connectivity index is 4.44. The molecule has 408 valence electrons. The van der Waals surface area contributed by atoms with Gasteiger partial charge >= 0.3 is 17.9 Å². The molecule has 0 aliphatic rings. The predicted molar refractivity (Wildman–Crippen MR) is 311 cm³/mol. The summed E-state index contributed by atoms with van der Waals surface area (Å²) in [4.78, 5) is 38.2. The van der Waals surface area contributed by atoms with Gasteiger partial charge in [-0.05, 0) is 128 Å². The summed E-state index contributed by atoms with van der Waals surface area (Å²) in [5.74, 6) is -0.942. The average Bonchev–Trinajstić information content (AvgIpc) is 3.38. The van der Waals surface area contributed by atoms with Gasteiger partial charge in [0, 0.05) is 19.3 Å². The molecule has 0 fully saturated rings. The summed E-state index contributed by atoms with van der Waals surface area (Å²) in [7, 11) is 0. The van der Waals surface area contributed by atoms with Crippen molar-refractivity contribution in [2.75, 3.05) is 13.2 Å². The summed E-state index contributed by atoms with van der Waals surface area (Å²) in [6.45, 7) is 6.37. The molecular formula is C66H108O6. The fourth-order valence-corrected chi connectivity index (χ4v) is 7.81. The number of hydrogen-bond acceptors (Lipinski definition) is 6. The third-order valence-electron chi connectivity index (χ3n) is 12.2. The van der Waals surface area contributed by atoms with Gasteiger partial charge in [0.15, 0.2) is 6.10 Å². The van der Waals surface area contributed by atoms with E-state index in [2.05, 4.69) is 142 Å². The molecule has 0 saturated heterocycles. The lowest BCUT2D eigenvalue weighted by atomic mass is 10.1. The zero-order valence-electron chi connectivity index (χ0n) is 46.7. The summed E-state index contributed by atoms with van der Waals surface area (Å²) in [6.07, 6.45) is 81.8. The molecule has 1 unspecified atom stereocenters. The lowest BCUT2D eigenvalue weighted by Crippen LogP contribution is -2.30. The summed E-state index contributed by atoms with van der Waals surface area (Å²) in [5.41, 5.74) is 0. The maximum Gasteiger partial charge on any atom is 0.306 e. The summed E-state index contributed by atoms with van der Waals surface area (Å²) >= 11 is 0. The molecule has 0 N–H and O–H groups in total. The van der Waals surface area contributed by atoms with E-state index in [0.717, 1.165) is 148 Å². The van der Waals surface area contributed by atoms with Crippen molar-refractivity contribution in [2.45, 2.75) is 264 Å². The summed E-state index contributed by atoms with van der Waals surface area (Å²) in [5, 5.41) is 0. The first kappa shape index (κ1) is 67.8. The molecule has 6 nitrogen and oxygen atoms in total. The number of esters is 3. The van der Waals surface area contributed by atoms with E-state index in [4.69, 9.17) is 14.2 Å². The molecule has 0 aliphatic carbocycles. The van der Waals surface area contributed by atoms with Crippen molar-refractivity contribution >= 4 is 17.9 Å². The molecular weight excluding hydrogens is 889 g/mol. The van der Waals surface area contributed by atoms with Gasteiger partial charge in [-0.1, -0.05) is 232 Å². The Labute approximate surface area is 443 Å². The molecule has 0 heterocycles. The van der Waals surface area contributed by atoms with Crippen LogP contribution in [0.3, 0.4) is 0 Å². The Morgan fingerprint density at radius 2 is 0.542 bits per heavy atom. The van der Waals surface area contributed by atoms with Gasteiger partial charge in [-0.2, -0.15) is 0 Å². The largest absolute Gasteiger partial charge is 0.462 e. The molecule has 0 rings (SSSR count). The van der Waals surface area contributed by atoms with Crippen molar-refractivity contribution in [3.63, 3.8) is 0 Å². The van der Waals surface area contributed by atoms with Crippen LogP contribution in [0.2, 0.25) is 0 Å². The Morgan fingerprint density at radius 3 is 0.861 bits per heavy atom. The molecule has 0 aromatic rings. The topological polar surface area (TPSA) is 78.9 Å². The van der Waals surface area contributed by atoms with Crippen molar-refractivity contribution < 1.29 is 28.6 Å². The van der Waals surface area contributed by atoms with E-state index < -0.39 is 6.10 Å². The fraction of sp³-hybridized carbons (Fsp3) is 0.652. The van der Waals surface area contributed by atoms with E-state index in [0.29, 0.717) is 19.3 Å². The molecule has 0 aromatic heterocycles. The SMILES string of the molecule is CC/C=C\C/C=C\C/C=C\C/C=C\C/C=C\CCCCCCCCCC(=O)OCC(COC(=O)CCCCCCC/C=C\CCCCCCC)OC(=O)CCCCCC/C=C\C/C=C\C/C=C\C/C=C\CC. The predicted octanol–water partition coefficient (Wildman–Crippen LogP) is 20.0. The van der Waals surface area contributed by atoms with E-state index >= 15 is 0 Å². The minimum Gasteiger partial charge on any atom is -0.462 e. The fourth-order valence-electron chi connectivity index (χ4n) is 7.81. The third-order valence-corrected chi connectivity index (χ3v) is 12.2. The van der Waals surface area contributed by atoms with Crippen LogP contribution >= 0.6 is 0 Å². The van der Waals surface area contributed by atoms with Crippen LogP contribution in [0.25, 0.3) is 0 Å². The van der Waals surface area contributed by atoms with Crippen LogP contribution < -0.4 is 0 Å². The number of allylic oxidation sites excluding steroid dienone is 20. The van der Waals surface area contributed by atoms with Crippen molar-refractivity contribution in [1.29, 1.82) is 0 Å². The summed E-state index contributed by atoms with van der Waals surface area (Å²) < 4.78 is 16.9. The van der Waals surface area contributed by atoms with Crippen molar-refractivity contribution in [3.05, 3.63) is 122 Å². The molecule has 0 spiro atoms. The number of carbonyl (C=O) groups excluding carboxylic acids is 3. The highest BCUT2D eigenvalue weighted by Crippen LogP contribution is 2.14. The Morgan fingerprint density at radius 1 is 0.292 bits per heavy atom. The van der Waals surface area contributed by atoms with Crippen molar-refractivity contribution in [1.82, 2.24) is 0 Å². The van der Waals surface area contributed by atoms with E-state index in [9.17, 15) is 14.4 Å². The molecule has 0 amide bonds. The second-order valence-corrected chi connectivity index (χ2v) is 19.1. The first-order valence-electron chi connectivity index (χ1n) is 29.5. The molecule has 0 radical (unpaired) electrons. The maximum absolute atomic E-state index is 12.9. The molecule has 0 saturated carbocycles. The van der Waals surface area contributed by atoms with E-state index in [1.807, 2.05) is 0 Å². The smallest absolute Gasteiger partial charge is 0.306 e. The van der Waals surface area contributed by atoms with E-state index in [1.54, 1.807) is 0 Å². The minimum atomic E-state index is -0.803. The van der Waals surface area contributed by atoms with Gasteiger partial charge in [0.2, 0.25) is 0 Å². The zero-order valence-corrected chi connectivity index (χ0v) is 46.7. The highest BCUT2D eigenvalue weighted by Gasteiger charge is 2.19. The lowest BCUT2D eigenvalue weighted by Gasteiger charge is -2.18. The van der Waals surface area contributed by atoms with Gasteiger partial charge in [-0.3, -0.25) is 14.4 Å². The third kappa shape index (κ3) is 56.7. The van der Waals surface area contributed by atoms with Crippen LogP contribution in [0.4, 0.5) is 0 Å². The standard InChI is InChI=1S/C66H108O6/c1-4-7-10-13-16-19-22-25-28-30-31-32-33-34-35-37-38-41-44-47-50-53-56-59-65(68)71-62-63(61-70-64(67)58-55-52-49-46-43-40-27-24-21-18-15-12-9-6-3)72-66(69)60-57-54-51-48-45-42-39-36-29-26-23-20-17-14-11-8-5-2/h7-8,10-11,16-17,19-20,24-29,31-32,34-35,39,42,63H,4-6,9,12-15,18,21-23,30,33,36-38,40-41,43-62H2,1-3H3/b10-7-,11-8-,19-16-,20-17-,27-24-,28-25-,29-26-,32-31-,35-34-,42-39-. The zero-order chi connectivity index (χ0) is 52.2. The van der Waals surface area contributed by atoms with Gasteiger partial charge < -0.3 is 14.2 Å². The second-order valence-electron chi connectivity index (χ2n) is 19.1. The quantitative estimate of drug-likeness (QED) is 0.0261. The first-order valence-corrected chi connectivity index (χ1v) is 29.5. The lowest BCUT2D eigenvalue weighted by molar-refractivity contribution is -0.167. The van der Waals surface area contributed by atoms with Gasteiger partial charge in [-0.25, -0.2) is 0 Å². The molecule has 72 heavy (non-hydrogen) atoms.